The van der Waals surface area contributed by atoms with Crippen LogP contribution in [0.1, 0.15) is 12.6 Å². The summed E-state index contributed by atoms with van der Waals surface area (Å²) in [6.07, 6.45) is 1.50. The topological polar surface area (TPSA) is 84.1 Å². The standard InChI is InChI=1S/C26H25N5O2/c1-4-29-25-24(18(2)27)30(26(32)31(25)21-12-10-19(28-3)11-13-21)20-14-16-23(17-15-20)33-22-8-6-5-7-9-22/h4-17,27-29H,1H2,2-3H3. The molecule has 3 aromatic carbocycles. The Labute approximate surface area is 192 Å². The highest BCUT2D eigenvalue weighted by molar-refractivity contribution is 6.00. The molecule has 7 heteroatoms. The summed E-state index contributed by atoms with van der Waals surface area (Å²) >= 11 is 0. The van der Waals surface area contributed by atoms with Gasteiger partial charge < -0.3 is 20.8 Å². The average Bonchev–Trinajstić information content (AvgIpc) is 3.12. The van der Waals surface area contributed by atoms with Crippen LogP contribution in [-0.2, 0) is 0 Å². The van der Waals surface area contributed by atoms with E-state index in [1.807, 2.05) is 61.6 Å². The van der Waals surface area contributed by atoms with Gasteiger partial charge in [0, 0.05) is 12.7 Å². The number of benzene rings is 3. The molecule has 0 radical (unpaired) electrons. The molecule has 0 bridgehead atoms. The maximum atomic E-state index is 13.6. The fourth-order valence-electron chi connectivity index (χ4n) is 3.62. The molecule has 1 heterocycles. The molecule has 3 N–H and O–H groups in total. The van der Waals surface area contributed by atoms with Crippen molar-refractivity contribution in [1.29, 1.82) is 5.41 Å². The predicted molar refractivity (Wildman–Crippen MR) is 134 cm³/mol. The van der Waals surface area contributed by atoms with Gasteiger partial charge in [0.1, 0.15) is 23.0 Å². The molecule has 0 aliphatic rings. The van der Waals surface area contributed by atoms with E-state index in [4.69, 9.17) is 10.1 Å². The Morgan fingerprint density at radius 3 is 2.06 bits per heavy atom. The first-order valence-corrected chi connectivity index (χ1v) is 10.5. The molecule has 1 aromatic heterocycles. The summed E-state index contributed by atoms with van der Waals surface area (Å²) in [5.41, 5.74) is 2.63. The lowest BCUT2D eigenvalue weighted by molar-refractivity contribution is 0.482. The fourth-order valence-corrected chi connectivity index (χ4v) is 3.62. The normalized spacial score (nSPS) is 10.5. The highest BCUT2D eigenvalue weighted by Gasteiger charge is 2.23. The Bertz CT molecular complexity index is 1330. The van der Waals surface area contributed by atoms with Crippen LogP contribution in [0, 0.1) is 5.41 Å². The second kappa shape index (κ2) is 9.32. The first-order chi connectivity index (χ1) is 16.0. The van der Waals surface area contributed by atoms with Gasteiger partial charge in [-0.3, -0.25) is 4.57 Å². The number of anilines is 2. The molecule has 0 saturated heterocycles. The second-order valence-electron chi connectivity index (χ2n) is 7.33. The quantitative estimate of drug-likeness (QED) is 0.321. The first kappa shape index (κ1) is 21.7. The predicted octanol–water partition coefficient (Wildman–Crippen LogP) is 5.41. The molecule has 166 valence electrons. The van der Waals surface area contributed by atoms with Crippen molar-refractivity contribution in [2.24, 2.45) is 0 Å². The van der Waals surface area contributed by atoms with Crippen molar-refractivity contribution in [3.63, 3.8) is 0 Å². The third-order valence-electron chi connectivity index (χ3n) is 5.14. The number of rotatable bonds is 8. The molecule has 0 aliphatic heterocycles. The summed E-state index contributed by atoms with van der Waals surface area (Å²) in [7, 11) is 1.84. The minimum atomic E-state index is -0.296. The maximum absolute atomic E-state index is 13.6. The van der Waals surface area contributed by atoms with Crippen molar-refractivity contribution in [3.05, 3.63) is 108 Å². The van der Waals surface area contributed by atoms with Crippen molar-refractivity contribution in [1.82, 2.24) is 9.13 Å². The van der Waals surface area contributed by atoms with Crippen LogP contribution in [0.2, 0.25) is 0 Å². The van der Waals surface area contributed by atoms with Gasteiger partial charge >= 0.3 is 5.69 Å². The minimum absolute atomic E-state index is 0.242. The lowest BCUT2D eigenvalue weighted by Gasteiger charge is -2.10. The summed E-state index contributed by atoms with van der Waals surface area (Å²) < 4.78 is 8.93. The summed E-state index contributed by atoms with van der Waals surface area (Å²) in [4.78, 5) is 13.6. The van der Waals surface area contributed by atoms with E-state index in [9.17, 15) is 4.79 Å². The van der Waals surface area contributed by atoms with E-state index in [1.54, 1.807) is 35.8 Å². The number of aromatic nitrogens is 2. The summed E-state index contributed by atoms with van der Waals surface area (Å²) in [5, 5.41) is 14.5. The van der Waals surface area contributed by atoms with Crippen LogP contribution < -0.4 is 21.1 Å². The average molecular weight is 440 g/mol. The first-order valence-electron chi connectivity index (χ1n) is 10.5. The van der Waals surface area contributed by atoms with Gasteiger partial charge in [-0.1, -0.05) is 24.8 Å². The third kappa shape index (κ3) is 4.29. The van der Waals surface area contributed by atoms with Crippen molar-refractivity contribution in [3.8, 4) is 22.9 Å². The molecule has 0 aliphatic carbocycles. The lowest BCUT2D eigenvalue weighted by Crippen LogP contribution is -2.23. The molecule has 0 spiro atoms. The van der Waals surface area contributed by atoms with E-state index in [0.29, 0.717) is 28.6 Å². The van der Waals surface area contributed by atoms with E-state index in [-0.39, 0.29) is 11.4 Å². The van der Waals surface area contributed by atoms with Crippen LogP contribution >= 0.6 is 0 Å². The van der Waals surface area contributed by atoms with Gasteiger partial charge in [-0.25, -0.2) is 9.36 Å². The summed E-state index contributed by atoms with van der Waals surface area (Å²) in [6, 6.07) is 24.2. The van der Waals surface area contributed by atoms with Gasteiger partial charge in [0.05, 0.1) is 17.1 Å². The largest absolute Gasteiger partial charge is 0.457 e. The zero-order valence-electron chi connectivity index (χ0n) is 18.5. The van der Waals surface area contributed by atoms with Crippen molar-refractivity contribution in [2.75, 3.05) is 17.7 Å². The second-order valence-corrected chi connectivity index (χ2v) is 7.33. The number of nitrogens with zero attached hydrogens (tertiary/aromatic N) is 2. The number of hydrogen-bond acceptors (Lipinski definition) is 5. The zero-order chi connectivity index (χ0) is 23.4. The molecular formula is C26H25N5O2. The Morgan fingerprint density at radius 1 is 0.909 bits per heavy atom. The van der Waals surface area contributed by atoms with Gasteiger partial charge in [0.25, 0.3) is 0 Å². The number of ether oxygens (including phenoxy) is 1. The Hall–Kier alpha value is -4.52. The van der Waals surface area contributed by atoms with E-state index >= 15 is 0 Å². The molecule has 4 rings (SSSR count). The molecule has 33 heavy (non-hydrogen) atoms. The molecule has 0 fully saturated rings. The third-order valence-corrected chi connectivity index (χ3v) is 5.14. The van der Waals surface area contributed by atoms with Crippen LogP contribution in [0.5, 0.6) is 11.5 Å². The van der Waals surface area contributed by atoms with Gasteiger partial charge in [-0.2, -0.15) is 0 Å². The van der Waals surface area contributed by atoms with Crippen molar-refractivity contribution >= 4 is 17.2 Å². The van der Waals surface area contributed by atoms with Gasteiger partial charge in [-0.05, 0) is 73.8 Å². The van der Waals surface area contributed by atoms with E-state index in [0.717, 1.165) is 11.4 Å². The van der Waals surface area contributed by atoms with Gasteiger partial charge in [-0.15, -0.1) is 0 Å². The van der Waals surface area contributed by atoms with Crippen LogP contribution in [0.15, 0.2) is 96.4 Å². The van der Waals surface area contributed by atoms with Gasteiger partial charge in [0.2, 0.25) is 0 Å². The molecular weight excluding hydrogens is 414 g/mol. The van der Waals surface area contributed by atoms with E-state index < -0.39 is 0 Å². The summed E-state index contributed by atoms with van der Waals surface area (Å²) in [6.45, 7) is 5.40. The Morgan fingerprint density at radius 2 is 1.48 bits per heavy atom. The fraction of sp³-hybridized carbons (Fsp3) is 0.0769. The Balaban J connectivity index is 1.83. The SMILES string of the molecule is C=CNc1c(C(C)=N)n(-c2ccc(Oc3ccccc3)cc2)c(=O)n1-c1ccc(NC)cc1. The molecule has 7 nitrogen and oxygen atoms in total. The molecule has 4 aromatic rings. The lowest BCUT2D eigenvalue weighted by atomic mass is 10.2. The molecule has 0 saturated carbocycles. The molecule has 0 amide bonds. The smallest absolute Gasteiger partial charge is 0.339 e. The van der Waals surface area contributed by atoms with Crippen LogP contribution in [0.4, 0.5) is 11.5 Å². The monoisotopic (exact) mass is 439 g/mol. The highest BCUT2D eigenvalue weighted by Crippen LogP contribution is 2.26. The van der Waals surface area contributed by atoms with Crippen LogP contribution in [0.3, 0.4) is 0 Å². The number of imidazole rings is 1. The number of nitrogens with one attached hydrogen (secondary N) is 3. The summed E-state index contributed by atoms with van der Waals surface area (Å²) in [5.74, 6) is 1.86. The number of para-hydroxylation sites is 1. The molecule has 0 unspecified atom stereocenters. The zero-order valence-corrected chi connectivity index (χ0v) is 18.5. The van der Waals surface area contributed by atoms with Crippen molar-refractivity contribution in [2.45, 2.75) is 6.92 Å². The van der Waals surface area contributed by atoms with E-state index in [2.05, 4.69) is 17.2 Å². The van der Waals surface area contributed by atoms with Gasteiger partial charge in [0.15, 0.2) is 0 Å². The Kier molecular flexibility index (Phi) is 6.13. The maximum Gasteiger partial charge on any atom is 0.339 e. The van der Waals surface area contributed by atoms with Crippen molar-refractivity contribution < 1.29 is 4.74 Å². The minimum Gasteiger partial charge on any atom is -0.457 e. The van der Waals surface area contributed by atoms with Crippen LogP contribution in [-0.4, -0.2) is 21.9 Å². The highest BCUT2D eigenvalue weighted by atomic mass is 16.5. The van der Waals surface area contributed by atoms with E-state index in [1.165, 1.54) is 10.8 Å². The molecule has 0 atom stereocenters. The number of hydrogen-bond donors (Lipinski definition) is 3. The van der Waals surface area contributed by atoms with Crippen LogP contribution in [0.25, 0.3) is 11.4 Å².